The molecule has 1 saturated heterocycles. The molecular formula is C17H30N2O6. The van der Waals surface area contributed by atoms with Gasteiger partial charge in [-0.25, -0.2) is 14.4 Å². The molecule has 1 rings (SSSR count). The summed E-state index contributed by atoms with van der Waals surface area (Å²) in [6.07, 6.45) is 0.285. The molecule has 2 N–H and O–H groups in total. The average molecular weight is 358 g/mol. The van der Waals surface area contributed by atoms with Crippen molar-refractivity contribution >= 4 is 18.2 Å². The molecule has 144 valence electrons. The van der Waals surface area contributed by atoms with Gasteiger partial charge in [-0.1, -0.05) is 0 Å². The number of carboxylic acid groups (broad SMARTS) is 1. The maximum Gasteiger partial charge on any atom is 0.410 e. The third-order valence-corrected chi connectivity index (χ3v) is 3.50. The molecule has 1 aliphatic heterocycles. The fraction of sp³-hybridized carbons (Fsp3) is 0.824. The summed E-state index contributed by atoms with van der Waals surface area (Å²) in [5.41, 5.74) is -1.34. The molecule has 0 radical (unpaired) electrons. The number of alkyl carbamates (subject to hydrolysis) is 1. The van der Waals surface area contributed by atoms with E-state index in [1.165, 1.54) is 4.90 Å². The van der Waals surface area contributed by atoms with E-state index >= 15 is 0 Å². The van der Waals surface area contributed by atoms with Gasteiger partial charge in [0.05, 0.1) is 0 Å². The van der Waals surface area contributed by atoms with Crippen LogP contribution in [0.25, 0.3) is 0 Å². The molecule has 0 saturated carbocycles. The molecule has 25 heavy (non-hydrogen) atoms. The van der Waals surface area contributed by atoms with Crippen LogP contribution in [0.4, 0.5) is 9.59 Å². The summed E-state index contributed by atoms with van der Waals surface area (Å²) in [4.78, 5) is 37.2. The van der Waals surface area contributed by atoms with Crippen molar-refractivity contribution in [3.8, 4) is 0 Å². The summed E-state index contributed by atoms with van der Waals surface area (Å²) in [7, 11) is 0. The lowest BCUT2D eigenvalue weighted by Crippen LogP contribution is -2.48. The average Bonchev–Trinajstić information content (AvgIpc) is 2.81. The van der Waals surface area contributed by atoms with E-state index in [0.29, 0.717) is 13.0 Å². The van der Waals surface area contributed by atoms with Gasteiger partial charge in [-0.2, -0.15) is 0 Å². The van der Waals surface area contributed by atoms with E-state index in [2.05, 4.69) is 5.32 Å². The summed E-state index contributed by atoms with van der Waals surface area (Å²) in [6.45, 7) is 10.9. The summed E-state index contributed by atoms with van der Waals surface area (Å²) in [6, 6.07) is -1.44. The molecule has 2 atom stereocenters. The first-order chi connectivity index (χ1) is 11.3. The van der Waals surface area contributed by atoms with Gasteiger partial charge in [0.25, 0.3) is 0 Å². The SMILES string of the molecule is CC(C)(C)OC(=O)NC(CC1CCCN1C(=O)OC(C)(C)C)C(=O)O. The molecule has 0 aromatic heterocycles. The summed E-state index contributed by atoms with van der Waals surface area (Å²) >= 11 is 0. The van der Waals surface area contributed by atoms with Crippen molar-refractivity contribution in [2.75, 3.05) is 6.54 Å². The topological polar surface area (TPSA) is 105 Å². The standard InChI is InChI=1S/C17H30N2O6/c1-16(2,3)24-14(22)18-12(13(20)21)10-11-8-7-9-19(11)15(23)25-17(4,5)6/h11-12H,7-10H2,1-6H3,(H,18,22)(H,20,21). The number of amides is 2. The molecule has 2 amide bonds. The Balaban J connectivity index is 2.72. The molecule has 0 aliphatic carbocycles. The van der Waals surface area contributed by atoms with Crippen LogP contribution < -0.4 is 5.32 Å². The van der Waals surface area contributed by atoms with Crippen LogP contribution in [0.3, 0.4) is 0 Å². The number of nitrogens with zero attached hydrogens (tertiary/aromatic N) is 1. The predicted octanol–water partition coefficient (Wildman–Crippen LogP) is 2.75. The van der Waals surface area contributed by atoms with Crippen molar-refractivity contribution in [1.82, 2.24) is 10.2 Å². The second-order valence-electron chi connectivity index (χ2n) is 8.24. The fourth-order valence-electron chi connectivity index (χ4n) is 2.59. The lowest BCUT2D eigenvalue weighted by atomic mass is 10.1. The Bertz CT molecular complexity index is 506. The van der Waals surface area contributed by atoms with Crippen LogP contribution in [0.1, 0.15) is 60.8 Å². The minimum atomic E-state index is -1.16. The zero-order chi connectivity index (χ0) is 19.4. The number of carboxylic acids is 1. The largest absolute Gasteiger partial charge is 0.480 e. The number of carbonyl (C=O) groups is 3. The Hall–Kier alpha value is -1.99. The van der Waals surface area contributed by atoms with Gasteiger partial charge in [0.1, 0.15) is 17.2 Å². The molecule has 8 heteroatoms. The van der Waals surface area contributed by atoms with Gasteiger partial charge in [-0.15, -0.1) is 0 Å². The van der Waals surface area contributed by atoms with Crippen LogP contribution in [0.15, 0.2) is 0 Å². The van der Waals surface area contributed by atoms with Crippen LogP contribution in [0.5, 0.6) is 0 Å². The maximum absolute atomic E-state index is 12.3. The van der Waals surface area contributed by atoms with Gasteiger partial charge < -0.3 is 24.8 Å². The molecule has 0 bridgehead atoms. The summed E-state index contributed by atoms with van der Waals surface area (Å²) in [5.74, 6) is -1.16. The first-order valence-corrected chi connectivity index (χ1v) is 8.50. The zero-order valence-electron chi connectivity index (χ0n) is 15.9. The molecule has 0 aromatic rings. The van der Waals surface area contributed by atoms with Crippen molar-refractivity contribution in [3.63, 3.8) is 0 Å². The number of ether oxygens (including phenoxy) is 2. The van der Waals surface area contributed by atoms with Crippen molar-refractivity contribution in [2.45, 2.75) is 84.1 Å². The maximum atomic E-state index is 12.3. The van der Waals surface area contributed by atoms with Gasteiger partial charge >= 0.3 is 18.2 Å². The Labute approximate surface area is 148 Å². The number of nitrogens with one attached hydrogen (secondary N) is 1. The van der Waals surface area contributed by atoms with E-state index in [4.69, 9.17) is 9.47 Å². The number of aliphatic carboxylic acids is 1. The van der Waals surface area contributed by atoms with E-state index in [9.17, 15) is 19.5 Å². The lowest BCUT2D eigenvalue weighted by molar-refractivity contribution is -0.140. The second kappa shape index (κ2) is 7.93. The minimum absolute atomic E-state index is 0.105. The molecule has 8 nitrogen and oxygen atoms in total. The van der Waals surface area contributed by atoms with E-state index in [0.717, 1.165) is 6.42 Å². The summed E-state index contributed by atoms with van der Waals surface area (Å²) < 4.78 is 10.5. The number of hydrogen-bond donors (Lipinski definition) is 2. The van der Waals surface area contributed by atoms with Gasteiger partial charge in [0, 0.05) is 12.6 Å². The molecule has 2 unspecified atom stereocenters. The number of likely N-dealkylation sites (tertiary alicyclic amines) is 1. The Kier molecular flexibility index (Phi) is 6.68. The van der Waals surface area contributed by atoms with Gasteiger partial charge in [-0.3, -0.25) is 0 Å². The van der Waals surface area contributed by atoms with E-state index in [-0.39, 0.29) is 12.5 Å². The van der Waals surface area contributed by atoms with Crippen LogP contribution in [-0.4, -0.2) is 58.0 Å². The smallest absolute Gasteiger partial charge is 0.410 e. The van der Waals surface area contributed by atoms with Crippen molar-refractivity contribution in [1.29, 1.82) is 0 Å². The molecular weight excluding hydrogens is 328 g/mol. The van der Waals surface area contributed by atoms with E-state index < -0.39 is 35.4 Å². The summed E-state index contributed by atoms with van der Waals surface area (Å²) in [5, 5.41) is 11.8. The van der Waals surface area contributed by atoms with Crippen LogP contribution >= 0.6 is 0 Å². The number of carbonyl (C=O) groups excluding carboxylic acids is 2. The van der Waals surface area contributed by atoms with Crippen molar-refractivity contribution in [2.24, 2.45) is 0 Å². The Morgan fingerprint density at radius 3 is 2.16 bits per heavy atom. The molecule has 1 aliphatic rings. The predicted molar refractivity (Wildman–Crippen MR) is 91.4 cm³/mol. The number of rotatable bonds is 4. The fourth-order valence-corrected chi connectivity index (χ4v) is 2.59. The molecule has 1 fully saturated rings. The second-order valence-corrected chi connectivity index (χ2v) is 8.24. The first-order valence-electron chi connectivity index (χ1n) is 8.50. The molecule has 0 aromatic carbocycles. The first kappa shape index (κ1) is 21.1. The highest BCUT2D eigenvalue weighted by Crippen LogP contribution is 2.24. The third kappa shape index (κ3) is 7.62. The van der Waals surface area contributed by atoms with Crippen molar-refractivity contribution < 1.29 is 29.0 Å². The number of hydrogen-bond acceptors (Lipinski definition) is 5. The van der Waals surface area contributed by atoms with E-state index in [1.807, 2.05) is 0 Å². The highest BCUT2D eigenvalue weighted by Gasteiger charge is 2.36. The zero-order valence-corrected chi connectivity index (χ0v) is 15.9. The Morgan fingerprint density at radius 1 is 1.12 bits per heavy atom. The monoisotopic (exact) mass is 358 g/mol. The van der Waals surface area contributed by atoms with E-state index in [1.54, 1.807) is 41.5 Å². The molecule has 0 spiro atoms. The van der Waals surface area contributed by atoms with Crippen LogP contribution in [0.2, 0.25) is 0 Å². The quantitative estimate of drug-likeness (QED) is 0.800. The highest BCUT2D eigenvalue weighted by molar-refractivity contribution is 5.80. The minimum Gasteiger partial charge on any atom is -0.480 e. The van der Waals surface area contributed by atoms with Crippen LogP contribution in [-0.2, 0) is 14.3 Å². The van der Waals surface area contributed by atoms with Crippen molar-refractivity contribution in [3.05, 3.63) is 0 Å². The Morgan fingerprint density at radius 2 is 1.68 bits per heavy atom. The van der Waals surface area contributed by atoms with Gasteiger partial charge in [0.15, 0.2) is 0 Å². The lowest BCUT2D eigenvalue weighted by Gasteiger charge is -2.30. The molecule has 1 heterocycles. The normalized spacial score (nSPS) is 19.3. The third-order valence-electron chi connectivity index (χ3n) is 3.50. The van der Waals surface area contributed by atoms with Crippen LogP contribution in [0, 0.1) is 0 Å². The van der Waals surface area contributed by atoms with Gasteiger partial charge in [0.2, 0.25) is 0 Å². The van der Waals surface area contributed by atoms with Gasteiger partial charge in [-0.05, 0) is 60.8 Å². The highest BCUT2D eigenvalue weighted by atomic mass is 16.6.